The van der Waals surface area contributed by atoms with Crippen molar-refractivity contribution in [1.82, 2.24) is 0 Å². The zero-order valence-electron chi connectivity index (χ0n) is 15.7. The minimum atomic E-state index is -1.66. The van der Waals surface area contributed by atoms with Crippen molar-refractivity contribution in [3.63, 3.8) is 0 Å². The van der Waals surface area contributed by atoms with Gasteiger partial charge in [0, 0.05) is 16.9 Å². The van der Waals surface area contributed by atoms with Crippen LogP contribution in [0.15, 0.2) is 35.2 Å². The predicted molar refractivity (Wildman–Crippen MR) is 93.1 cm³/mol. The lowest BCUT2D eigenvalue weighted by Gasteiger charge is -2.67. The van der Waals surface area contributed by atoms with Crippen LogP contribution in [-0.2, 0) is 19.1 Å². The summed E-state index contributed by atoms with van der Waals surface area (Å²) in [4.78, 5) is 25.5. The molecule has 2 bridgehead atoms. The summed E-state index contributed by atoms with van der Waals surface area (Å²) in [6.45, 7) is 6.08. The number of rotatable bonds is 1. The van der Waals surface area contributed by atoms with Crippen molar-refractivity contribution in [1.29, 1.82) is 0 Å². The van der Waals surface area contributed by atoms with Crippen LogP contribution in [-0.4, -0.2) is 28.8 Å². The molecule has 6 nitrogen and oxygen atoms in total. The molecule has 144 valence electrons. The third kappa shape index (κ3) is 1.85. The van der Waals surface area contributed by atoms with E-state index in [0.717, 1.165) is 5.56 Å². The molecule has 1 aromatic rings. The van der Waals surface area contributed by atoms with Gasteiger partial charge >= 0.3 is 11.9 Å². The highest BCUT2D eigenvalue weighted by atomic mass is 16.6. The number of aliphatic hydroxyl groups is 1. The van der Waals surface area contributed by atoms with E-state index in [4.69, 9.17) is 13.9 Å². The molecule has 5 aliphatic rings. The average Bonchev–Trinajstić information content (AvgIpc) is 3.14. The molecule has 3 unspecified atom stereocenters. The Balaban J connectivity index is 1.64. The summed E-state index contributed by atoms with van der Waals surface area (Å²) >= 11 is 0. The third-order valence-electron chi connectivity index (χ3n) is 8.08. The molecule has 3 aliphatic heterocycles. The first-order chi connectivity index (χ1) is 12.7. The lowest BCUT2D eigenvalue weighted by molar-refractivity contribution is -0.272. The monoisotopic (exact) mass is 372 g/mol. The second-order valence-electron chi connectivity index (χ2n) is 9.14. The van der Waals surface area contributed by atoms with E-state index in [-0.39, 0.29) is 23.7 Å². The molecule has 0 radical (unpaired) electrons. The van der Waals surface area contributed by atoms with Gasteiger partial charge in [0.15, 0.2) is 5.60 Å². The molecule has 27 heavy (non-hydrogen) atoms. The Bertz CT molecular complexity index is 843. The molecule has 0 aromatic carbocycles. The van der Waals surface area contributed by atoms with E-state index in [1.807, 2.05) is 19.9 Å². The first kappa shape index (κ1) is 17.0. The van der Waals surface area contributed by atoms with E-state index in [1.54, 1.807) is 24.7 Å². The lowest BCUT2D eigenvalue weighted by Crippen LogP contribution is -2.74. The summed E-state index contributed by atoms with van der Waals surface area (Å²) in [6.07, 6.45) is 6.92. The minimum Gasteiger partial charge on any atom is -0.472 e. The van der Waals surface area contributed by atoms with Crippen molar-refractivity contribution in [2.45, 2.75) is 51.4 Å². The predicted octanol–water partition coefficient (Wildman–Crippen LogP) is 2.78. The molecule has 2 saturated heterocycles. The Kier molecular flexibility index (Phi) is 3.18. The lowest BCUT2D eigenvalue weighted by atomic mass is 9.39. The van der Waals surface area contributed by atoms with Gasteiger partial charge in [0.1, 0.15) is 12.2 Å². The van der Waals surface area contributed by atoms with Gasteiger partial charge in [-0.1, -0.05) is 20.8 Å². The van der Waals surface area contributed by atoms with Crippen LogP contribution in [0, 0.1) is 28.6 Å². The summed E-state index contributed by atoms with van der Waals surface area (Å²) in [5, 5.41) is 11.3. The maximum absolute atomic E-state index is 13.0. The largest absolute Gasteiger partial charge is 0.472 e. The Labute approximate surface area is 157 Å². The van der Waals surface area contributed by atoms with E-state index in [2.05, 4.69) is 6.92 Å². The van der Waals surface area contributed by atoms with Gasteiger partial charge in [-0.15, -0.1) is 0 Å². The number of cyclic esters (lactones) is 1. The molecule has 4 heterocycles. The molecule has 8 atom stereocenters. The molecule has 6 rings (SSSR count). The van der Waals surface area contributed by atoms with Crippen LogP contribution in [0.1, 0.15) is 45.3 Å². The standard InChI is InChI=1S/C21H24O6/c1-11-8-13-17(22)26-15(12-5-7-25-10-12)9-19(13,2)16-14-4-6-21(24,18(23)27-14)20(11,16)3/h4-7,10-11,13-16,24H,8-9H2,1-3H3/t11?,13-,14+,15-,16?,19+,20?,21-/m0/s1. The zero-order valence-corrected chi connectivity index (χ0v) is 15.7. The van der Waals surface area contributed by atoms with Gasteiger partial charge < -0.3 is 19.0 Å². The minimum absolute atomic E-state index is 0.0381. The summed E-state index contributed by atoms with van der Waals surface area (Å²) in [6, 6.07) is 1.81. The second-order valence-corrected chi connectivity index (χ2v) is 9.14. The molecule has 1 saturated carbocycles. The summed E-state index contributed by atoms with van der Waals surface area (Å²) in [5.41, 5.74) is -2.00. The molecule has 0 amide bonds. The number of fused-ring (bicyclic) bond motifs is 2. The first-order valence-corrected chi connectivity index (χ1v) is 9.57. The molecular weight excluding hydrogens is 348 g/mol. The highest BCUT2D eigenvalue weighted by molar-refractivity contribution is 5.86. The molecule has 0 spiro atoms. The van der Waals surface area contributed by atoms with E-state index in [9.17, 15) is 14.7 Å². The Hall–Kier alpha value is -2.08. The smallest absolute Gasteiger partial charge is 0.343 e. The fourth-order valence-electron chi connectivity index (χ4n) is 6.48. The Morgan fingerprint density at radius 3 is 2.67 bits per heavy atom. The molecule has 1 N–H and O–H groups in total. The molecule has 2 aliphatic carbocycles. The van der Waals surface area contributed by atoms with Crippen molar-refractivity contribution in [3.05, 3.63) is 36.3 Å². The fraction of sp³-hybridized carbons (Fsp3) is 0.619. The zero-order chi connectivity index (χ0) is 19.2. The molecular formula is C21H24O6. The van der Waals surface area contributed by atoms with E-state index < -0.39 is 34.6 Å². The van der Waals surface area contributed by atoms with Gasteiger partial charge in [0.05, 0.1) is 18.4 Å². The SMILES string of the molecule is CC1C[C@H]2C(=O)O[C@H](c3ccoc3)C[C@@]2(C)C2[C@H]3C=C[C@](O)(C(=O)O3)C12C. The molecule has 1 aromatic heterocycles. The van der Waals surface area contributed by atoms with Crippen LogP contribution in [0.4, 0.5) is 0 Å². The number of carbonyl (C=O) groups is 2. The topological polar surface area (TPSA) is 86.0 Å². The van der Waals surface area contributed by atoms with Crippen molar-refractivity contribution in [2.24, 2.45) is 28.6 Å². The number of esters is 2. The van der Waals surface area contributed by atoms with Crippen LogP contribution in [0.2, 0.25) is 0 Å². The highest BCUT2D eigenvalue weighted by Crippen LogP contribution is 2.69. The molecule has 6 heteroatoms. The number of ether oxygens (including phenoxy) is 2. The normalized spacial score (nSPS) is 50.6. The Morgan fingerprint density at radius 1 is 1.22 bits per heavy atom. The number of furan rings is 1. The van der Waals surface area contributed by atoms with Gasteiger partial charge in [-0.05, 0) is 42.4 Å². The van der Waals surface area contributed by atoms with Gasteiger partial charge in [-0.3, -0.25) is 4.79 Å². The van der Waals surface area contributed by atoms with Gasteiger partial charge in [-0.25, -0.2) is 4.79 Å². The number of hydrogen-bond donors (Lipinski definition) is 1. The van der Waals surface area contributed by atoms with Gasteiger partial charge in [0.2, 0.25) is 0 Å². The average molecular weight is 372 g/mol. The number of carbonyl (C=O) groups excluding carboxylic acids is 2. The van der Waals surface area contributed by atoms with Crippen LogP contribution < -0.4 is 0 Å². The van der Waals surface area contributed by atoms with E-state index in [1.165, 1.54) is 0 Å². The quantitative estimate of drug-likeness (QED) is 0.603. The second kappa shape index (κ2) is 5.04. The van der Waals surface area contributed by atoms with Gasteiger partial charge in [-0.2, -0.15) is 0 Å². The Morgan fingerprint density at radius 2 is 2.00 bits per heavy atom. The maximum Gasteiger partial charge on any atom is 0.343 e. The van der Waals surface area contributed by atoms with E-state index >= 15 is 0 Å². The fourth-order valence-corrected chi connectivity index (χ4v) is 6.48. The third-order valence-corrected chi connectivity index (χ3v) is 8.08. The van der Waals surface area contributed by atoms with Crippen molar-refractivity contribution >= 4 is 11.9 Å². The van der Waals surface area contributed by atoms with Crippen molar-refractivity contribution in [3.8, 4) is 0 Å². The highest BCUT2D eigenvalue weighted by Gasteiger charge is 2.74. The van der Waals surface area contributed by atoms with Crippen molar-refractivity contribution in [2.75, 3.05) is 0 Å². The first-order valence-electron chi connectivity index (χ1n) is 9.57. The summed E-state index contributed by atoms with van der Waals surface area (Å²) in [7, 11) is 0. The van der Waals surface area contributed by atoms with Crippen LogP contribution >= 0.6 is 0 Å². The van der Waals surface area contributed by atoms with Gasteiger partial charge in [0.25, 0.3) is 0 Å². The summed E-state index contributed by atoms with van der Waals surface area (Å²) in [5.74, 6) is -1.29. The summed E-state index contributed by atoms with van der Waals surface area (Å²) < 4.78 is 16.5. The van der Waals surface area contributed by atoms with Crippen molar-refractivity contribution < 1.29 is 28.6 Å². The van der Waals surface area contributed by atoms with Crippen LogP contribution in [0.3, 0.4) is 0 Å². The van der Waals surface area contributed by atoms with Crippen LogP contribution in [0.5, 0.6) is 0 Å². The van der Waals surface area contributed by atoms with E-state index in [0.29, 0.717) is 12.8 Å². The molecule has 3 fully saturated rings. The van der Waals surface area contributed by atoms with Crippen LogP contribution in [0.25, 0.3) is 0 Å². The maximum atomic E-state index is 13.0. The number of hydrogen-bond acceptors (Lipinski definition) is 6.